The van der Waals surface area contributed by atoms with E-state index in [4.69, 9.17) is 9.47 Å². The number of nitrogens with zero attached hydrogens (tertiary/aromatic N) is 3. The summed E-state index contributed by atoms with van der Waals surface area (Å²) in [6, 6.07) is 8.49. The lowest BCUT2D eigenvalue weighted by Crippen LogP contribution is -2.48. The Kier molecular flexibility index (Phi) is 6.24. The molecule has 1 aliphatic heterocycles. The van der Waals surface area contributed by atoms with Crippen LogP contribution < -0.4 is 9.47 Å². The molecule has 144 valence electrons. The number of amides is 1. The zero-order chi connectivity index (χ0) is 19.2. The Morgan fingerprint density at radius 1 is 1.22 bits per heavy atom. The quantitative estimate of drug-likeness (QED) is 0.779. The first-order valence-electron chi connectivity index (χ1n) is 9.04. The van der Waals surface area contributed by atoms with Crippen molar-refractivity contribution in [3.05, 3.63) is 53.5 Å². The summed E-state index contributed by atoms with van der Waals surface area (Å²) in [5, 5.41) is 0. The standard InChI is InChI=1S/C20H24FN3O3/c1-3-27-19-16(5-4-8-22-19)20(25)24-11-9-23(10-12-24)14-15-6-7-18(26-2)17(21)13-15/h4-8,13H,3,9-12,14H2,1-2H3. The van der Waals surface area contributed by atoms with E-state index in [1.54, 1.807) is 24.4 Å². The van der Waals surface area contributed by atoms with E-state index in [1.807, 2.05) is 17.9 Å². The number of hydrogen-bond acceptors (Lipinski definition) is 5. The van der Waals surface area contributed by atoms with Crippen molar-refractivity contribution < 1.29 is 18.7 Å². The van der Waals surface area contributed by atoms with E-state index in [2.05, 4.69) is 9.88 Å². The number of benzene rings is 1. The highest BCUT2D eigenvalue weighted by Gasteiger charge is 2.25. The van der Waals surface area contributed by atoms with Gasteiger partial charge in [-0.1, -0.05) is 6.07 Å². The van der Waals surface area contributed by atoms with E-state index in [-0.39, 0.29) is 17.5 Å². The molecule has 1 saturated heterocycles. The van der Waals surface area contributed by atoms with Gasteiger partial charge in [-0.3, -0.25) is 9.69 Å². The fourth-order valence-electron chi connectivity index (χ4n) is 3.15. The summed E-state index contributed by atoms with van der Waals surface area (Å²) in [5.41, 5.74) is 1.38. The number of carbonyl (C=O) groups excluding carboxylic acids is 1. The molecule has 0 radical (unpaired) electrons. The Labute approximate surface area is 158 Å². The molecule has 1 aromatic carbocycles. The fraction of sp³-hybridized carbons (Fsp3) is 0.400. The second-order valence-corrected chi connectivity index (χ2v) is 6.33. The van der Waals surface area contributed by atoms with Gasteiger partial charge in [0.05, 0.1) is 13.7 Å². The van der Waals surface area contributed by atoms with Crippen molar-refractivity contribution in [1.82, 2.24) is 14.8 Å². The third kappa shape index (κ3) is 4.54. The van der Waals surface area contributed by atoms with E-state index < -0.39 is 0 Å². The Hall–Kier alpha value is -2.67. The first kappa shape index (κ1) is 19.1. The lowest BCUT2D eigenvalue weighted by molar-refractivity contribution is 0.0623. The topological polar surface area (TPSA) is 54.9 Å². The summed E-state index contributed by atoms with van der Waals surface area (Å²) in [4.78, 5) is 21.0. The van der Waals surface area contributed by atoms with Crippen LogP contribution in [0.4, 0.5) is 4.39 Å². The second-order valence-electron chi connectivity index (χ2n) is 6.33. The fourth-order valence-corrected chi connectivity index (χ4v) is 3.15. The summed E-state index contributed by atoms with van der Waals surface area (Å²) in [6.45, 7) is 5.64. The highest BCUT2D eigenvalue weighted by atomic mass is 19.1. The molecule has 2 heterocycles. The van der Waals surface area contributed by atoms with Gasteiger partial charge in [-0.05, 0) is 36.8 Å². The van der Waals surface area contributed by atoms with Crippen molar-refractivity contribution >= 4 is 5.91 Å². The third-order valence-electron chi connectivity index (χ3n) is 4.56. The molecule has 1 amide bonds. The van der Waals surface area contributed by atoms with Crippen LogP contribution in [-0.2, 0) is 6.54 Å². The van der Waals surface area contributed by atoms with Gasteiger partial charge < -0.3 is 14.4 Å². The number of ether oxygens (including phenoxy) is 2. The van der Waals surface area contributed by atoms with Gasteiger partial charge in [-0.25, -0.2) is 9.37 Å². The first-order chi connectivity index (χ1) is 13.1. The molecule has 1 fully saturated rings. The zero-order valence-corrected chi connectivity index (χ0v) is 15.7. The summed E-state index contributed by atoms with van der Waals surface area (Å²) in [7, 11) is 1.45. The molecule has 0 atom stereocenters. The number of hydrogen-bond donors (Lipinski definition) is 0. The van der Waals surface area contributed by atoms with Crippen molar-refractivity contribution in [2.45, 2.75) is 13.5 Å². The summed E-state index contributed by atoms with van der Waals surface area (Å²) < 4.78 is 24.3. The van der Waals surface area contributed by atoms with Gasteiger partial charge in [0.1, 0.15) is 5.56 Å². The third-order valence-corrected chi connectivity index (χ3v) is 4.56. The number of aromatic nitrogens is 1. The van der Waals surface area contributed by atoms with E-state index in [9.17, 15) is 9.18 Å². The van der Waals surface area contributed by atoms with E-state index in [1.165, 1.54) is 13.2 Å². The smallest absolute Gasteiger partial charge is 0.259 e. The maximum absolute atomic E-state index is 13.8. The average Bonchev–Trinajstić information content (AvgIpc) is 2.69. The van der Waals surface area contributed by atoms with Crippen molar-refractivity contribution in [3.8, 4) is 11.6 Å². The maximum atomic E-state index is 13.8. The lowest BCUT2D eigenvalue weighted by atomic mass is 10.1. The Morgan fingerprint density at radius 3 is 2.67 bits per heavy atom. The molecule has 7 heteroatoms. The van der Waals surface area contributed by atoms with Crippen LogP contribution in [0.1, 0.15) is 22.8 Å². The van der Waals surface area contributed by atoms with Crippen LogP contribution in [0.5, 0.6) is 11.6 Å². The Morgan fingerprint density at radius 2 is 2.00 bits per heavy atom. The molecule has 3 rings (SSSR count). The first-order valence-corrected chi connectivity index (χ1v) is 9.04. The molecule has 6 nitrogen and oxygen atoms in total. The van der Waals surface area contributed by atoms with Crippen LogP contribution in [0.3, 0.4) is 0 Å². The summed E-state index contributed by atoms with van der Waals surface area (Å²) in [5.74, 6) is 0.197. The number of rotatable bonds is 6. The van der Waals surface area contributed by atoms with E-state index >= 15 is 0 Å². The van der Waals surface area contributed by atoms with Gasteiger partial charge in [0.25, 0.3) is 5.91 Å². The van der Waals surface area contributed by atoms with Crippen LogP contribution in [-0.4, -0.2) is 60.6 Å². The van der Waals surface area contributed by atoms with Crippen molar-refractivity contribution in [2.75, 3.05) is 39.9 Å². The van der Waals surface area contributed by atoms with Crippen molar-refractivity contribution in [1.29, 1.82) is 0 Å². The minimum absolute atomic E-state index is 0.0679. The number of carbonyl (C=O) groups is 1. The molecule has 1 aliphatic rings. The van der Waals surface area contributed by atoms with Gasteiger partial charge in [0, 0.05) is 38.9 Å². The molecule has 1 aromatic heterocycles. The van der Waals surface area contributed by atoms with Gasteiger partial charge in [-0.2, -0.15) is 0 Å². The van der Waals surface area contributed by atoms with Crippen LogP contribution in [0, 0.1) is 5.82 Å². The van der Waals surface area contributed by atoms with Gasteiger partial charge in [-0.15, -0.1) is 0 Å². The SMILES string of the molecule is CCOc1ncccc1C(=O)N1CCN(Cc2ccc(OC)c(F)c2)CC1. The molecule has 0 saturated carbocycles. The van der Waals surface area contributed by atoms with Gasteiger partial charge in [0.2, 0.25) is 5.88 Å². The molecule has 27 heavy (non-hydrogen) atoms. The molecular weight excluding hydrogens is 349 g/mol. The lowest BCUT2D eigenvalue weighted by Gasteiger charge is -2.35. The zero-order valence-electron chi connectivity index (χ0n) is 15.7. The number of halogens is 1. The van der Waals surface area contributed by atoms with Crippen LogP contribution in [0.25, 0.3) is 0 Å². The molecule has 0 spiro atoms. The molecule has 2 aromatic rings. The number of piperazine rings is 1. The molecular formula is C20H24FN3O3. The van der Waals surface area contributed by atoms with Gasteiger partial charge >= 0.3 is 0 Å². The Bertz CT molecular complexity index is 792. The van der Waals surface area contributed by atoms with Crippen molar-refractivity contribution in [3.63, 3.8) is 0 Å². The van der Waals surface area contributed by atoms with Gasteiger partial charge in [0.15, 0.2) is 11.6 Å². The second kappa shape index (κ2) is 8.81. The number of methoxy groups -OCH3 is 1. The average molecular weight is 373 g/mol. The van der Waals surface area contributed by atoms with Crippen LogP contribution in [0.2, 0.25) is 0 Å². The monoisotopic (exact) mass is 373 g/mol. The van der Waals surface area contributed by atoms with Crippen LogP contribution in [0.15, 0.2) is 36.5 Å². The number of pyridine rings is 1. The normalized spacial score (nSPS) is 14.9. The highest BCUT2D eigenvalue weighted by Crippen LogP contribution is 2.21. The maximum Gasteiger partial charge on any atom is 0.259 e. The van der Waals surface area contributed by atoms with E-state index in [0.717, 1.165) is 18.7 Å². The molecule has 0 bridgehead atoms. The van der Waals surface area contributed by atoms with E-state index in [0.29, 0.717) is 37.7 Å². The molecule has 0 aliphatic carbocycles. The van der Waals surface area contributed by atoms with Crippen LogP contribution >= 0.6 is 0 Å². The predicted octanol–water partition coefficient (Wildman–Crippen LogP) is 2.59. The van der Waals surface area contributed by atoms with Crippen molar-refractivity contribution in [2.24, 2.45) is 0 Å². The minimum atomic E-state index is -0.358. The summed E-state index contributed by atoms with van der Waals surface area (Å²) >= 11 is 0. The molecule has 0 N–H and O–H groups in total. The summed E-state index contributed by atoms with van der Waals surface area (Å²) in [6.07, 6.45) is 1.62. The molecule has 0 unspecified atom stereocenters. The highest BCUT2D eigenvalue weighted by molar-refractivity contribution is 5.96. The Balaban J connectivity index is 1.59. The predicted molar refractivity (Wildman–Crippen MR) is 99.5 cm³/mol. The minimum Gasteiger partial charge on any atom is -0.494 e. The largest absolute Gasteiger partial charge is 0.494 e.